The van der Waals surface area contributed by atoms with Gasteiger partial charge in [0.05, 0.1) is 6.10 Å². The van der Waals surface area contributed by atoms with E-state index in [9.17, 15) is 5.11 Å². The summed E-state index contributed by atoms with van der Waals surface area (Å²) in [5.74, 6) is 0.205. The van der Waals surface area contributed by atoms with E-state index in [0.29, 0.717) is 6.42 Å². The van der Waals surface area contributed by atoms with Crippen LogP contribution in [-0.2, 0) is 0 Å². The molecular formula is C13H21NO2. The van der Waals surface area contributed by atoms with Gasteiger partial charge in [-0.05, 0) is 29.5 Å². The molecule has 0 amide bonds. The lowest BCUT2D eigenvalue weighted by molar-refractivity contribution is 0.133. The van der Waals surface area contributed by atoms with Gasteiger partial charge in [-0.25, -0.2) is 0 Å². The van der Waals surface area contributed by atoms with E-state index < -0.39 is 6.10 Å². The Bertz CT molecular complexity index is 327. The molecule has 3 heteroatoms. The van der Waals surface area contributed by atoms with Crippen LogP contribution in [0.15, 0.2) is 24.3 Å². The van der Waals surface area contributed by atoms with Crippen molar-refractivity contribution in [2.75, 3.05) is 0 Å². The van der Waals surface area contributed by atoms with Crippen LogP contribution in [0.5, 0.6) is 5.75 Å². The summed E-state index contributed by atoms with van der Waals surface area (Å²) < 4.78 is 0. The average molecular weight is 223 g/mol. The van der Waals surface area contributed by atoms with Gasteiger partial charge in [0.2, 0.25) is 0 Å². The van der Waals surface area contributed by atoms with Crippen LogP contribution in [-0.4, -0.2) is 16.3 Å². The Morgan fingerprint density at radius 2 is 1.69 bits per heavy atom. The molecule has 1 rings (SSSR count). The van der Waals surface area contributed by atoms with Crippen molar-refractivity contribution in [3.63, 3.8) is 0 Å². The molecule has 0 radical (unpaired) electrons. The number of phenols is 1. The number of hydrogen-bond donors (Lipinski definition) is 3. The van der Waals surface area contributed by atoms with Crippen molar-refractivity contribution in [1.29, 1.82) is 0 Å². The van der Waals surface area contributed by atoms with Gasteiger partial charge in [-0.1, -0.05) is 32.9 Å². The van der Waals surface area contributed by atoms with Gasteiger partial charge >= 0.3 is 0 Å². The standard InChI is InChI=1S/C13H21NO2/c1-13(2,3)12(14)8-11(16)9-4-6-10(15)7-5-9/h4-7,11-12,15-16H,8,14H2,1-3H3/t11-,12+/m0/s1. The molecule has 0 saturated carbocycles. The smallest absolute Gasteiger partial charge is 0.115 e. The third-order valence-corrected chi connectivity index (χ3v) is 2.87. The topological polar surface area (TPSA) is 66.5 Å². The number of nitrogens with two attached hydrogens (primary N) is 1. The molecule has 0 saturated heterocycles. The van der Waals surface area contributed by atoms with E-state index in [1.165, 1.54) is 0 Å². The number of aliphatic hydroxyl groups is 1. The quantitative estimate of drug-likeness (QED) is 0.736. The average Bonchev–Trinajstić information content (AvgIpc) is 2.17. The first kappa shape index (κ1) is 13.0. The Morgan fingerprint density at radius 1 is 1.19 bits per heavy atom. The van der Waals surface area contributed by atoms with Gasteiger partial charge in [0, 0.05) is 6.04 Å². The van der Waals surface area contributed by atoms with Crippen molar-refractivity contribution in [2.24, 2.45) is 11.1 Å². The molecule has 0 aliphatic rings. The van der Waals surface area contributed by atoms with Crippen LogP contribution in [0.2, 0.25) is 0 Å². The highest BCUT2D eigenvalue weighted by Gasteiger charge is 2.23. The predicted molar refractivity (Wildman–Crippen MR) is 65.1 cm³/mol. The van der Waals surface area contributed by atoms with Gasteiger partial charge < -0.3 is 15.9 Å². The number of aromatic hydroxyl groups is 1. The van der Waals surface area contributed by atoms with Crippen molar-refractivity contribution >= 4 is 0 Å². The summed E-state index contributed by atoms with van der Waals surface area (Å²) in [4.78, 5) is 0. The zero-order chi connectivity index (χ0) is 12.3. The van der Waals surface area contributed by atoms with E-state index in [0.717, 1.165) is 5.56 Å². The molecule has 16 heavy (non-hydrogen) atoms. The van der Waals surface area contributed by atoms with E-state index in [2.05, 4.69) is 20.8 Å². The van der Waals surface area contributed by atoms with E-state index in [4.69, 9.17) is 10.8 Å². The summed E-state index contributed by atoms with van der Waals surface area (Å²) in [6, 6.07) is 6.52. The number of aliphatic hydroxyl groups excluding tert-OH is 1. The molecule has 0 aromatic heterocycles. The number of benzene rings is 1. The minimum atomic E-state index is -0.574. The van der Waals surface area contributed by atoms with Crippen LogP contribution in [0.3, 0.4) is 0 Å². The third-order valence-electron chi connectivity index (χ3n) is 2.87. The SMILES string of the molecule is CC(C)(C)[C@H](N)C[C@H](O)c1ccc(O)cc1. The van der Waals surface area contributed by atoms with Crippen LogP contribution in [0.25, 0.3) is 0 Å². The number of phenolic OH excluding ortho intramolecular Hbond substituents is 1. The predicted octanol–water partition coefficient (Wildman–Crippen LogP) is 2.19. The normalized spacial score (nSPS) is 15.8. The second-order valence-corrected chi connectivity index (χ2v) is 5.32. The molecule has 0 fully saturated rings. The highest BCUT2D eigenvalue weighted by Crippen LogP contribution is 2.27. The van der Waals surface area contributed by atoms with E-state index in [1.807, 2.05) is 0 Å². The Labute approximate surface area is 96.9 Å². The molecule has 0 unspecified atom stereocenters. The zero-order valence-corrected chi connectivity index (χ0v) is 10.1. The molecule has 4 N–H and O–H groups in total. The largest absolute Gasteiger partial charge is 0.508 e. The molecule has 1 aromatic carbocycles. The minimum Gasteiger partial charge on any atom is -0.508 e. The number of rotatable bonds is 3. The van der Waals surface area contributed by atoms with Gasteiger partial charge in [-0.2, -0.15) is 0 Å². The fourth-order valence-electron chi connectivity index (χ4n) is 1.43. The summed E-state index contributed by atoms with van der Waals surface area (Å²) in [5.41, 5.74) is 6.78. The lowest BCUT2D eigenvalue weighted by Gasteiger charge is -2.29. The summed E-state index contributed by atoms with van der Waals surface area (Å²) in [7, 11) is 0. The van der Waals surface area contributed by atoms with E-state index in [-0.39, 0.29) is 17.2 Å². The van der Waals surface area contributed by atoms with Crippen LogP contribution in [0.4, 0.5) is 0 Å². The maximum Gasteiger partial charge on any atom is 0.115 e. The molecule has 0 aliphatic heterocycles. The highest BCUT2D eigenvalue weighted by atomic mass is 16.3. The van der Waals surface area contributed by atoms with Crippen molar-refractivity contribution < 1.29 is 10.2 Å². The van der Waals surface area contributed by atoms with E-state index >= 15 is 0 Å². The number of hydrogen-bond acceptors (Lipinski definition) is 3. The van der Waals surface area contributed by atoms with Gasteiger partial charge in [0.25, 0.3) is 0 Å². The molecule has 1 aromatic rings. The summed E-state index contributed by atoms with van der Waals surface area (Å²) in [6.45, 7) is 6.17. The second kappa shape index (κ2) is 4.85. The Balaban J connectivity index is 2.65. The van der Waals surface area contributed by atoms with Crippen molar-refractivity contribution in [1.82, 2.24) is 0 Å². The molecule has 0 aliphatic carbocycles. The Kier molecular flexibility index (Phi) is 3.94. The lowest BCUT2D eigenvalue weighted by Crippen LogP contribution is -2.36. The molecule has 0 bridgehead atoms. The lowest BCUT2D eigenvalue weighted by atomic mass is 9.83. The summed E-state index contributed by atoms with van der Waals surface area (Å²) in [6.07, 6.45) is -0.0521. The Hall–Kier alpha value is -1.06. The van der Waals surface area contributed by atoms with Gasteiger partial charge in [-0.15, -0.1) is 0 Å². The second-order valence-electron chi connectivity index (χ2n) is 5.32. The Morgan fingerprint density at radius 3 is 2.12 bits per heavy atom. The first-order valence-electron chi connectivity index (χ1n) is 5.53. The maximum atomic E-state index is 9.98. The summed E-state index contributed by atoms with van der Waals surface area (Å²) >= 11 is 0. The molecule has 2 atom stereocenters. The fraction of sp³-hybridized carbons (Fsp3) is 0.538. The van der Waals surface area contributed by atoms with Crippen molar-refractivity contribution in [3.8, 4) is 5.75 Å². The molecule has 0 heterocycles. The van der Waals surface area contributed by atoms with Crippen LogP contribution < -0.4 is 5.73 Å². The van der Waals surface area contributed by atoms with Crippen LogP contribution >= 0.6 is 0 Å². The first-order valence-corrected chi connectivity index (χ1v) is 5.53. The third kappa shape index (κ3) is 3.51. The molecule has 3 nitrogen and oxygen atoms in total. The minimum absolute atomic E-state index is 0.0160. The van der Waals surface area contributed by atoms with Crippen molar-refractivity contribution in [3.05, 3.63) is 29.8 Å². The molecule has 0 spiro atoms. The van der Waals surface area contributed by atoms with Crippen LogP contribution in [0, 0.1) is 5.41 Å². The van der Waals surface area contributed by atoms with Gasteiger partial charge in [0.1, 0.15) is 5.75 Å². The van der Waals surface area contributed by atoms with E-state index in [1.54, 1.807) is 24.3 Å². The van der Waals surface area contributed by atoms with Crippen molar-refractivity contribution in [2.45, 2.75) is 39.3 Å². The first-order chi connectivity index (χ1) is 7.30. The zero-order valence-electron chi connectivity index (χ0n) is 10.1. The van der Waals surface area contributed by atoms with Gasteiger partial charge in [-0.3, -0.25) is 0 Å². The highest BCUT2D eigenvalue weighted by molar-refractivity contribution is 5.27. The monoisotopic (exact) mass is 223 g/mol. The van der Waals surface area contributed by atoms with Gasteiger partial charge in [0.15, 0.2) is 0 Å². The fourth-order valence-corrected chi connectivity index (χ4v) is 1.43. The summed E-state index contributed by atoms with van der Waals surface area (Å²) in [5, 5.41) is 19.1. The molecule has 90 valence electrons. The van der Waals surface area contributed by atoms with Crippen LogP contribution in [0.1, 0.15) is 38.9 Å². The maximum absolute atomic E-state index is 9.98. The molecular weight excluding hydrogens is 202 g/mol.